The summed E-state index contributed by atoms with van der Waals surface area (Å²) in [6.45, 7) is 0.910. The fourth-order valence-corrected chi connectivity index (χ4v) is 4.88. The van der Waals surface area contributed by atoms with Gasteiger partial charge in [-0.2, -0.15) is 4.31 Å². The first-order valence-electron chi connectivity index (χ1n) is 8.35. The van der Waals surface area contributed by atoms with Gasteiger partial charge in [-0.05, 0) is 43.9 Å². The molecule has 2 aliphatic rings. The maximum atomic E-state index is 12.8. The molecule has 1 aromatic rings. The third-order valence-corrected chi connectivity index (χ3v) is 6.50. The second-order valence-electron chi connectivity index (χ2n) is 6.23. The lowest BCUT2D eigenvalue weighted by Crippen LogP contribution is -2.28. The van der Waals surface area contributed by atoms with E-state index in [9.17, 15) is 18.0 Å². The number of benzene rings is 1. The van der Waals surface area contributed by atoms with E-state index in [1.807, 2.05) is 0 Å². The van der Waals surface area contributed by atoms with Gasteiger partial charge in [-0.15, -0.1) is 0 Å². The number of sulfonamides is 1. The molecule has 0 unspecified atom stereocenters. The number of Topliss-reactive ketones (excluding diaryl/α,β-unsaturated/α-hetero) is 1. The van der Waals surface area contributed by atoms with Crippen LogP contribution in [0.3, 0.4) is 0 Å². The smallest absolute Gasteiger partial charge is 0.338 e. The molecule has 2 fully saturated rings. The summed E-state index contributed by atoms with van der Waals surface area (Å²) in [6, 6.07) is 4.16. The van der Waals surface area contributed by atoms with Gasteiger partial charge in [-0.1, -0.05) is 0 Å². The maximum Gasteiger partial charge on any atom is 0.338 e. The van der Waals surface area contributed by atoms with Crippen LogP contribution >= 0.6 is 0 Å². The van der Waals surface area contributed by atoms with Crippen LogP contribution in [0.1, 0.15) is 42.5 Å². The van der Waals surface area contributed by atoms with Gasteiger partial charge in [0.25, 0.3) is 0 Å². The van der Waals surface area contributed by atoms with Crippen molar-refractivity contribution >= 4 is 21.8 Å². The minimum absolute atomic E-state index is 0.0518. The van der Waals surface area contributed by atoms with Crippen molar-refractivity contribution in [2.75, 3.05) is 20.2 Å². The molecule has 3 rings (SSSR count). The number of hydrogen-bond donors (Lipinski definition) is 0. The Morgan fingerprint density at radius 3 is 2.52 bits per heavy atom. The monoisotopic (exact) mass is 367 g/mol. The Bertz CT molecular complexity index is 782. The number of carbonyl (C=O) groups is 2. The van der Waals surface area contributed by atoms with Crippen molar-refractivity contribution in [2.24, 2.45) is 0 Å². The standard InChI is InChI=1S/C17H21NO6S/c1-23-15-8-7-12(17(20)24-14-6-4-5-13(14)19)11-16(15)25(21,22)18-9-2-3-10-18/h7-8,11,14H,2-6,9-10H2,1H3/t14-/m0/s1. The van der Waals surface area contributed by atoms with E-state index in [1.165, 1.54) is 29.6 Å². The molecule has 1 aliphatic carbocycles. The van der Waals surface area contributed by atoms with E-state index in [0.717, 1.165) is 12.8 Å². The third kappa shape index (κ3) is 3.55. The SMILES string of the molecule is COc1ccc(C(=O)O[C@H]2CCCC2=O)cc1S(=O)(=O)N1CCCC1. The van der Waals surface area contributed by atoms with Crippen LogP contribution in [0.25, 0.3) is 0 Å². The van der Waals surface area contributed by atoms with Crippen molar-refractivity contribution in [2.45, 2.75) is 43.1 Å². The minimum Gasteiger partial charge on any atom is -0.495 e. The molecule has 25 heavy (non-hydrogen) atoms. The molecule has 1 atom stereocenters. The van der Waals surface area contributed by atoms with Gasteiger partial charge in [0.05, 0.1) is 12.7 Å². The number of nitrogens with zero attached hydrogens (tertiary/aromatic N) is 1. The fourth-order valence-electron chi connectivity index (χ4n) is 3.18. The van der Waals surface area contributed by atoms with Gasteiger partial charge in [0, 0.05) is 19.5 Å². The molecule has 1 aromatic carbocycles. The van der Waals surface area contributed by atoms with E-state index < -0.39 is 22.1 Å². The highest BCUT2D eigenvalue weighted by Gasteiger charge is 2.32. The molecule has 0 spiro atoms. The first-order valence-corrected chi connectivity index (χ1v) is 9.79. The molecule has 1 saturated carbocycles. The summed E-state index contributed by atoms with van der Waals surface area (Å²) in [5.74, 6) is -0.604. The van der Waals surface area contributed by atoms with Crippen molar-refractivity contribution < 1.29 is 27.5 Å². The molecular weight excluding hydrogens is 346 g/mol. The molecule has 0 N–H and O–H groups in total. The molecule has 7 nitrogen and oxygen atoms in total. The summed E-state index contributed by atoms with van der Waals surface area (Å²) in [6.07, 6.45) is 2.52. The summed E-state index contributed by atoms with van der Waals surface area (Å²) in [5.41, 5.74) is 0.0956. The number of rotatable bonds is 5. The first kappa shape index (κ1) is 17.9. The summed E-state index contributed by atoms with van der Waals surface area (Å²) >= 11 is 0. The van der Waals surface area contributed by atoms with Crippen LogP contribution in [0.5, 0.6) is 5.75 Å². The van der Waals surface area contributed by atoms with Crippen molar-refractivity contribution in [3.63, 3.8) is 0 Å². The highest BCUT2D eigenvalue weighted by molar-refractivity contribution is 7.89. The molecule has 0 bridgehead atoms. The van der Waals surface area contributed by atoms with Crippen LogP contribution in [0.2, 0.25) is 0 Å². The number of hydrogen-bond acceptors (Lipinski definition) is 6. The van der Waals surface area contributed by atoms with Crippen LogP contribution in [0, 0.1) is 0 Å². The average molecular weight is 367 g/mol. The quantitative estimate of drug-likeness (QED) is 0.737. The lowest BCUT2D eigenvalue weighted by molar-refractivity contribution is -0.124. The van der Waals surface area contributed by atoms with Crippen LogP contribution in [-0.2, 0) is 19.6 Å². The van der Waals surface area contributed by atoms with Crippen LogP contribution < -0.4 is 4.74 Å². The minimum atomic E-state index is -3.74. The van der Waals surface area contributed by atoms with E-state index in [0.29, 0.717) is 32.4 Å². The Morgan fingerprint density at radius 2 is 1.92 bits per heavy atom. The highest BCUT2D eigenvalue weighted by Crippen LogP contribution is 2.30. The average Bonchev–Trinajstić information content (AvgIpc) is 3.27. The van der Waals surface area contributed by atoms with Gasteiger partial charge in [0.15, 0.2) is 11.9 Å². The largest absolute Gasteiger partial charge is 0.495 e. The van der Waals surface area contributed by atoms with Gasteiger partial charge >= 0.3 is 5.97 Å². The Balaban J connectivity index is 1.89. The normalized spacial score (nSPS) is 21.5. The Kier molecular flexibility index (Phi) is 5.10. The van der Waals surface area contributed by atoms with Crippen LogP contribution in [0.15, 0.2) is 23.1 Å². The molecule has 0 amide bonds. The summed E-state index contributed by atoms with van der Waals surface area (Å²) in [5, 5.41) is 0. The zero-order valence-corrected chi connectivity index (χ0v) is 14.9. The van der Waals surface area contributed by atoms with Crippen LogP contribution in [0.4, 0.5) is 0 Å². The van der Waals surface area contributed by atoms with Gasteiger partial charge in [-0.3, -0.25) is 4.79 Å². The number of methoxy groups -OCH3 is 1. The summed E-state index contributed by atoms with van der Waals surface area (Å²) in [7, 11) is -2.36. The van der Waals surface area contributed by atoms with Crippen molar-refractivity contribution in [1.29, 1.82) is 0 Å². The predicted octanol–water partition coefficient (Wildman–Crippen LogP) is 1.76. The predicted molar refractivity (Wildman–Crippen MR) is 89.0 cm³/mol. The van der Waals surface area contributed by atoms with E-state index in [4.69, 9.17) is 9.47 Å². The highest BCUT2D eigenvalue weighted by atomic mass is 32.2. The van der Waals surface area contributed by atoms with Crippen molar-refractivity contribution in [3.8, 4) is 5.75 Å². The van der Waals surface area contributed by atoms with Crippen molar-refractivity contribution in [1.82, 2.24) is 4.31 Å². The Labute approximate surface area is 147 Å². The van der Waals surface area contributed by atoms with Gasteiger partial charge in [0.1, 0.15) is 10.6 Å². The Hall–Kier alpha value is -1.93. The fraction of sp³-hybridized carbons (Fsp3) is 0.529. The molecule has 8 heteroatoms. The number of esters is 1. The topological polar surface area (TPSA) is 90.0 Å². The van der Waals surface area contributed by atoms with Gasteiger partial charge in [-0.25, -0.2) is 13.2 Å². The molecule has 1 saturated heterocycles. The zero-order valence-electron chi connectivity index (χ0n) is 14.1. The number of carbonyl (C=O) groups excluding carboxylic acids is 2. The molecule has 1 aliphatic heterocycles. The summed E-state index contributed by atoms with van der Waals surface area (Å²) in [4.78, 5) is 23.9. The molecule has 0 aromatic heterocycles. The van der Waals surface area contributed by atoms with Gasteiger partial charge in [0.2, 0.25) is 10.0 Å². The molecular formula is C17H21NO6S. The van der Waals surface area contributed by atoms with E-state index in [-0.39, 0.29) is 22.0 Å². The number of ketones is 1. The maximum absolute atomic E-state index is 12.8. The van der Waals surface area contributed by atoms with Gasteiger partial charge < -0.3 is 9.47 Å². The second-order valence-corrected chi connectivity index (χ2v) is 8.14. The van der Waals surface area contributed by atoms with E-state index in [1.54, 1.807) is 0 Å². The first-order chi connectivity index (χ1) is 11.9. The van der Waals surface area contributed by atoms with Crippen molar-refractivity contribution in [3.05, 3.63) is 23.8 Å². The lowest BCUT2D eigenvalue weighted by atomic mass is 10.2. The third-order valence-electron chi connectivity index (χ3n) is 4.58. The lowest BCUT2D eigenvalue weighted by Gasteiger charge is -2.18. The van der Waals surface area contributed by atoms with Crippen LogP contribution in [-0.4, -0.2) is 50.8 Å². The van der Waals surface area contributed by atoms with E-state index >= 15 is 0 Å². The zero-order chi connectivity index (χ0) is 18.0. The molecule has 1 heterocycles. The molecule has 0 radical (unpaired) electrons. The summed E-state index contributed by atoms with van der Waals surface area (Å²) < 4.78 is 37.4. The Morgan fingerprint density at radius 1 is 1.20 bits per heavy atom. The molecule has 136 valence electrons. The number of ether oxygens (including phenoxy) is 2. The second kappa shape index (κ2) is 7.13. The van der Waals surface area contributed by atoms with E-state index in [2.05, 4.69) is 0 Å².